The molecule has 0 atom stereocenters. The van der Waals surface area contributed by atoms with Gasteiger partial charge in [0.15, 0.2) is 6.61 Å². The van der Waals surface area contributed by atoms with E-state index in [9.17, 15) is 4.79 Å². The van der Waals surface area contributed by atoms with E-state index in [-0.39, 0.29) is 12.5 Å². The van der Waals surface area contributed by atoms with Crippen LogP contribution in [0.5, 0.6) is 5.75 Å². The first-order chi connectivity index (χ1) is 15.0. The number of hydrogen-bond donors (Lipinski definition) is 0. The highest BCUT2D eigenvalue weighted by atomic mass is 35.5. The fraction of sp³-hybridized carbons (Fsp3) is 0.333. The van der Waals surface area contributed by atoms with Gasteiger partial charge in [-0.25, -0.2) is 4.98 Å². The Morgan fingerprint density at radius 1 is 1.06 bits per heavy atom. The minimum Gasteiger partial charge on any atom is -0.484 e. The van der Waals surface area contributed by atoms with Crippen LogP contribution in [0.2, 0.25) is 5.02 Å². The predicted molar refractivity (Wildman–Crippen MR) is 120 cm³/mol. The van der Waals surface area contributed by atoms with Gasteiger partial charge in [-0.1, -0.05) is 29.8 Å². The van der Waals surface area contributed by atoms with Gasteiger partial charge in [-0.05, 0) is 49.7 Å². The van der Waals surface area contributed by atoms with Gasteiger partial charge in [0, 0.05) is 43.3 Å². The zero-order chi connectivity index (χ0) is 21.8. The van der Waals surface area contributed by atoms with E-state index in [1.54, 1.807) is 24.3 Å². The monoisotopic (exact) mass is 439 g/mol. The van der Waals surface area contributed by atoms with Crippen molar-refractivity contribution in [3.8, 4) is 17.2 Å². The van der Waals surface area contributed by atoms with Gasteiger partial charge < -0.3 is 14.1 Å². The van der Waals surface area contributed by atoms with E-state index in [1.165, 1.54) is 0 Å². The first kappa shape index (κ1) is 21.4. The summed E-state index contributed by atoms with van der Waals surface area (Å²) in [5.41, 5.74) is 3.11. The lowest BCUT2D eigenvalue weighted by atomic mass is 10.1. The molecule has 162 valence electrons. The minimum absolute atomic E-state index is 0.00550. The van der Waals surface area contributed by atoms with Crippen molar-refractivity contribution in [2.24, 2.45) is 0 Å². The number of nitrogens with zero attached hydrogens (tertiary/aromatic N) is 3. The number of aromatic nitrogens is 1. The SMILES string of the molecule is Cc1ccccc1-c1nc(CN2CCN(C(=O)COc3ccc(Cl)cc3)CC2)c(C)o1. The van der Waals surface area contributed by atoms with Crippen LogP contribution in [0.25, 0.3) is 11.5 Å². The molecule has 4 rings (SSSR count). The third kappa shape index (κ3) is 5.27. The van der Waals surface area contributed by atoms with Crippen LogP contribution in [-0.2, 0) is 11.3 Å². The van der Waals surface area contributed by atoms with Crippen LogP contribution in [0, 0.1) is 13.8 Å². The van der Waals surface area contributed by atoms with Gasteiger partial charge in [-0.2, -0.15) is 0 Å². The first-order valence-corrected chi connectivity index (χ1v) is 10.8. The zero-order valence-corrected chi connectivity index (χ0v) is 18.6. The maximum absolute atomic E-state index is 12.5. The molecule has 1 aliphatic rings. The molecule has 1 aromatic heterocycles. The highest BCUT2D eigenvalue weighted by Crippen LogP contribution is 2.25. The number of piperazine rings is 1. The number of hydrogen-bond acceptors (Lipinski definition) is 5. The molecule has 2 aromatic carbocycles. The summed E-state index contributed by atoms with van der Waals surface area (Å²) >= 11 is 5.87. The van der Waals surface area contributed by atoms with Crippen LogP contribution in [-0.4, -0.2) is 53.5 Å². The molecule has 6 nitrogen and oxygen atoms in total. The van der Waals surface area contributed by atoms with E-state index in [0.29, 0.717) is 36.3 Å². The number of carbonyl (C=O) groups is 1. The molecule has 0 bridgehead atoms. The van der Waals surface area contributed by atoms with Crippen LogP contribution >= 0.6 is 11.6 Å². The molecule has 0 unspecified atom stereocenters. The molecule has 3 aromatic rings. The number of ether oxygens (including phenoxy) is 1. The second-order valence-electron chi connectivity index (χ2n) is 7.74. The van der Waals surface area contributed by atoms with Gasteiger partial charge in [0.1, 0.15) is 11.5 Å². The molecule has 0 radical (unpaired) electrons. The summed E-state index contributed by atoms with van der Waals surface area (Å²) in [6, 6.07) is 15.1. The molecule has 1 fully saturated rings. The molecular formula is C24H26ClN3O3. The number of aryl methyl sites for hydroxylation is 2. The Hall–Kier alpha value is -2.83. The highest BCUT2D eigenvalue weighted by Gasteiger charge is 2.23. The van der Waals surface area contributed by atoms with Gasteiger partial charge in [-0.3, -0.25) is 9.69 Å². The van der Waals surface area contributed by atoms with Crippen molar-refractivity contribution in [1.29, 1.82) is 0 Å². The third-order valence-electron chi connectivity index (χ3n) is 5.54. The summed E-state index contributed by atoms with van der Waals surface area (Å²) in [6.07, 6.45) is 0. The standard InChI is InChI=1S/C24H26ClN3O3/c1-17-5-3-4-6-21(17)24-26-22(18(2)31-24)15-27-11-13-28(14-12-27)23(29)16-30-20-9-7-19(25)8-10-20/h3-10H,11-16H2,1-2H3. The summed E-state index contributed by atoms with van der Waals surface area (Å²) in [7, 11) is 0. The lowest BCUT2D eigenvalue weighted by Gasteiger charge is -2.34. The van der Waals surface area contributed by atoms with Gasteiger partial charge >= 0.3 is 0 Å². The van der Waals surface area contributed by atoms with E-state index < -0.39 is 0 Å². The maximum Gasteiger partial charge on any atom is 0.260 e. The molecule has 0 spiro atoms. The molecule has 7 heteroatoms. The Morgan fingerprint density at radius 2 is 1.77 bits per heavy atom. The van der Waals surface area contributed by atoms with Crippen molar-refractivity contribution in [1.82, 2.24) is 14.8 Å². The number of halogens is 1. The van der Waals surface area contributed by atoms with Gasteiger partial charge in [-0.15, -0.1) is 0 Å². The van der Waals surface area contributed by atoms with Gasteiger partial charge in [0.25, 0.3) is 5.91 Å². The topological polar surface area (TPSA) is 58.8 Å². The Labute approximate surface area is 187 Å². The van der Waals surface area contributed by atoms with E-state index in [4.69, 9.17) is 25.7 Å². The van der Waals surface area contributed by atoms with E-state index in [0.717, 1.165) is 35.7 Å². The number of carbonyl (C=O) groups excluding carboxylic acids is 1. The molecule has 0 aliphatic carbocycles. The molecular weight excluding hydrogens is 414 g/mol. The van der Waals surface area contributed by atoms with Crippen molar-refractivity contribution in [2.75, 3.05) is 32.8 Å². The van der Waals surface area contributed by atoms with Crippen molar-refractivity contribution >= 4 is 17.5 Å². The number of rotatable bonds is 6. The Morgan fingerprint density at radius 3 is 2.48 bits per heavy atom. The van der Waals surface area contributed by atoms with Crippen LogP contribution in [0.4, 0.5) is 0 Å². The summed E-state index contributed by atoms with van der Waals surface area (Å²) in [4.78, 5) is 21.4. The number of amides is 1. The lowest BCUT2D eigenvalue weighted by Crippen LogP contribution is -2.49. The zero-order valence-electron chi connectivity index (χ0n) is 17.8. The van der Waals surface area contributed by atoms with Crippen molar-refractivity contribution in [3.05, 3.63) is 70.6 Å². The summed E-state index contributed by atoms with van der Waals surface area (Å²) < 4.78 is 11.5. The highest BCUT2D eigenvalue weighted by molar-refractivity contribution is 6.30. The molecule has 1 amide bonds. The quantitative estimate of drug-likeness (QED) is 0.572. The van der Waals surface area contributed by atoms with Crippen molar-refractivity contribution in [2.45, 2.75) is 20.4 Å². The summed E-state index contributed by atoms with van der Waals surface area (Å²) in [5.74, 6) is 2.14. The Kier molecular flexibility index (Phi) is 6.59. The molecule has 1 saturated heterocycles. The van der Waals surface area contributed by atoms with Crippen LogP contribution < -0.4 is 4.74 Å². The van der Waals surface area contributed by atoms with Gasteiger partial charge in [0.2, 0.25) is 5.89 Å². The predicted octanol–water partition coefficient (Wildman–Crippen LogP) is 4.34. The first-order valence-electron chi connectivity index (χ1n) is 10.4. The largest absolute Gasteiger partial charge is 0.484 e. The normalized spacial score (nSPS) is 14.6. The second-order valence-corrected chi connectivity index (χ2v) is 8.17. The molecule has 0 saturated carbocycles. The average Bonchev–Trinajstić information content (AvgIpc) is 3.14. The van der Waals surface area contributed by atoms with E-state index >= 15 is 0 Å². The summed E-state index contributed by atoms with van der Waals surface area (Å²) in [5, 5.41) is 0.642. The number of benzene rings is 2. The average molecular weight is 440 g/mol. The smallest absolute Gasteiger partial charge is 0.260 e. The maximum atomic E-state index is 12.5. The third-order valence-corrected chi connectivity index (χ3v) is 5.79. The van der Waals surface area contributed by atoms with Crippen LogP contribution in [0.15, 0.2) is 52.9 Å². The Bertz CT molecular complexity index is 1040. The van der Waals surface area contributed by atoms with Gasteiger partial charge in [0.05, 0.1) is 5.69 Å². The number of oxazole rings is 1. The molecule has 1 aliphatic heterocycles. The van der Waals surface area contributed by atoms with Crippen LogP contribution in [0.1, 0.15) is 17.0 Å². The van der Waals surface area contributed by atoms with Crippen molar-refractivity contribution in [3.63, 3.8) is 0 Å². The van der Waals surface area contributed by atoms with Crippen molar-refractivity contribution < 1.29 is 13.9 Å². The summed E-state index contributed by atoms with van der Waals surface area (Å²) in [6.45, 7) is 7.68. The molecule has 2 heterocycles. The molecule has 31 heavy (non-hydrogen) atoms. The molecule has 0 N–H and O–H groups in total. The van der Waals surface area contributed by atoms with E-state index in [1.807, 2.05) is 30.0 Å². The lowest BCUT2D eigenvalue weighted by molar-refractivity contribution is -0.135. The van der Waals surface area contributed by atoms with E-state index in [2.05, 4.69) is 17.9 Å². The minimum atomic E-state index is -0.00550. The van der Waals surface area contributed by atoms with Crippen LogP contribution in [0.3, 0.4) is 0 Å². The fourth-order valence-electron chi connectivity index (χ4n) is 3.64. The Balaban J connectivity index is 1.29. The second kappa shape index (κ2) is 9.54. The fourth-order valence-corrected chi connectivity index (χ4v) is 3.76.